The van der Waals surface area contributed by atoms with Gasteiger partial charge in [-0.3, -0.25) is 0 Å². The second-order valence-corrected chi connectivity index (χ2v) is 7.30. The summed E-state index contributed by atoms with van der Waals surface area (Å²) in [6.07, 6.45) is 2.65. The van der Waals surface area contributed by atoms with Crippen molar-refractivity contribution in [3.05, 3.63) is 60.3 Å². The molecule has 29 heavy (non-hydrogen) atoms. The highest BCUT2D eigenvalue weighted by Gasteiger charge is 2.14. The van der Waals surface area contributed by atoms with Crippen LogP contribution in [0.3, 0.4) is 0 Å². The molecule has 2 aromatic carbocycles. The number of rotatable bonds is 6. The number of hydrogen-bond donors (Lipinski definition) is 2. The molecule has 7 nitrogen and oxygen atoms in total. The van der Waals surface area contributed by atoms with Gasteiger partial charge in [0.15, 0.2) is 5.82 Å². The van der Waals surface area contributed by atoms with Crippen LogP contribution in [0.2, 0.25) is 0 Å². The van der Waals surface area contributed by atoms with Crippen LogP contribution in [-0.4, -0.2) is 53.3 Å². The number of aromatic nitrogens is 3. The third kappa shape index (κ3) is 5.00. The highest BCUT2D eigenvalue weighted by molar-refractivity contribution is 5.61. The number of nitrogens with zero attached hydrogens (tertiary/aromatic N) is 5. The van der Waals surface area contributed by atoms with Crippen molar-refractivity contribution in [2.75, 3.05) is 48.8 Å². The monoisotopic (exact) mass is 389 g/mol. The molecule has 1 aliphatic rings. The molecule has 0 atom stereocenters. The van der Waals surface area contributed by atoms with Gasteiger partial charge in [-0.1, -0.05) is 19.1 Å². The normalized spacial score (nSPS) is 14.6. The van der Waals surface area contributed by atoms with Gasteiger partial charge in [-0.05, 0) is 55.4 Å². The van der Waals surface area contributed by atoms with E-state index in [1.807, 2.05) is 12.1 Å². The van der Waals surface area contributed by atoms with Gasteiger partial charge in [-0.15, -0.1) is 5.10 Å². The van der Waals surface area contributed by atoms with Crippen LogP contribution in [0.5, 0.6) is 0 Å². The second-order valence-electron chi connectivity index (χ2n) is 7.30. The standard InChI is InChI=1S/C22H27N7/c1-3-17-4-6-18(7-5-17)24-21-16-23-27-22(26-21)25-19-8-10-20(11-9-19)29-14-12-28(2)13-15-29/h4-11,16H,3,12-15H2,1-2H3,(H2,24,25,26,27). The van der Waals surface area contributed by atoms with E-state index in [1.54, 1.807) is 6.20 Å². The number of piperazine rings is 1. The molecular weight excluding hydrogens is 362 g/mol. The summed E-state index contributed by atoms with van der Waals surface area (Å²) in [6.45, 7) is 6.46. The number of nitrogens with one attached hydrogen (secondary N) is 2. The van der Waals surface area contributed by atoms with Crippen molar-refractivity contribution in [3.8, 4) is 0 Å². The minimum Gasteiger partial charge on any atom is -0.369 e. The third-order valence-corrected chi connectivity index (χ3v) is 5.19. The van der Waals surface area contributed by atoms with E-state index in [-0.39, 0.29) is 0 Å². The van der Waals surface area contributed by atoms with Gasteiger partial charge in [0.05, 0.1) is 6.20 Å². The zero-order chi connectivity index (χ0) is 20.1. The first kappa shape index (κ1) is 19.1. The maximum absolute atomic E-state index is 4.51. The molecule has 3 aromatic rings. The van der Waals surface area contributed by atoms with E-state index in [9.17, 15) is 0 Å². The van der Waals surface area contributed by atoms with Crippen molar-refractivity contribution in [1.82, 2.24) is 20.1 Å². The van der Waals surface area contributed by atoms with Crippen molar-refractivity contribution in [2.24, 2.45) is 0 Å². The first-order valence-corrected chi connectivity index (χ1v) is 10.1. The Bertz CT molecular complexity index is 917. The van der Waals surface area contributed by atoms with Gasteiger partial charge in [0, 0.05) is 43.2 Å². The molecule has 0 unspecified atom stereocenters. The van der Waals surface area contributed by atoms with Crippen molar-refractivity contribution in [3.63, 3.8) is 0 Å². The molecule has 0 aliphatic carbocycles. The average molecular weight is 390 g/mol. The Morgan fingerprint density at radius 2 is 1.52 bits per heavy atom. The number of hydrogen-bond acceptors (Lipinski definition) is 7. The molecule has 1 aliphatic heterocycles. The molecule has 150 valence electrons. The summed E-state index contributed by atoms with van der Waals surface area (Å²) in [4.78, 5) is 9.28. The van der Waals surface area contributed by atoms with Gasteiger partial charge >= 0.3 is 0 Å². The van der Waals surface area contributed by atoms with Crippen molar-refractivity contribution in [2.45, 2.75) is 13.3 Å². The summed E-state index contributed by atoms with van der Waals surface area (Å²) in [5.74, 6) is 1.12. The van der Waals surface area contributed by atoms with Crippen molar-refractivity contribution >= 4 is 28.8 Å². The largest absolute Gasteiger partial charge is 0.369 e. The number of likely N-dealkylation sites (N-methyl/N-ethyl adjacent to an activating group) is 1. The van der Waals surface area contributed by atoms with Crippen LogP contribution < -0.4 is 15.5 Å². The van der Waals surface area contributed by atoms with E-state index in [4.69, 9.17) is 0 Å². The Balaban J connectivity index is 1.39. The fourth-order valence-corrected chi connectivity index (χ4v) is 3.34. The molecule has 0 spiro atoms. The van der Waals surface area contributed by atoms with Gasteiger partial charge in [-0.2, -0.15) is 10.1 Å². The number of anilines is 5. The smallest absolute Gasteiger partial charge is 0.249 e. The summed E-state index contributed by atoms with van der Waals surface area (Å²) >= 11 is 0. The Morgan fingerprint density at radius 1 is 0.862 bits per heavy atom. The summed E-state index contributed by atoms with van der Waals surface area (Å²) in [5, 5.41) is 14.7. The Hall–Kier alpha value is -3.19. The predicted octanol–water partition coefficient (Wildman–Crippen LogP) is 3.67. The lowest BCUT2D eigenvalue weighted by Gasteiger charge is -2.34. The van der Waals surface area contributed by atoms with Crippen LogP contribution >= 0.6 is 0 Å². The lowest BCUT2D eigenvalue weighted by Crippen LogP contribution is -2.44. The second kappa shape index (κ2) is 8.87. The molecule has 0 amide bonds. The molecule has 1 fully saturated rings. The maximum atomic E-state index is 4.51. The highest BCUT2D eigenvalue weighted by Crippen LogP contribution is 2.21. The summed E-state index contributed by atoms with van der Waals surface area (Å²) in [5.41, 5.74) is 4.46. The molecule has 7 heteroatoms. The van der Waals surface area contributed by atoms with E-state index in [2.05, 4.69) is 86.0 Å². The van der Waals surface area contributed by atoms with Crippen LogP contribution in [0.25, 0.3) is 0 Å². The van der Waals surface area contributed by atoms with E-state index >= 15 is 0 Å². The van der Waals surface area contributed by atoms with Crippen LogP contribution in [0.1, 0.15) is 12.5 Å². The molecule has 1 aromatic heterocycles. The quantitative estimate of drug-likeness (QED) is 0.666. The van der Waals surface area contributed by atoms with Crippen LogP contribution in [0.15, 0.2) is 54.7 Å². The van der Waals surface area contributed by atoms with Crippen LogP contribution in [0.4, 0.5) is 28.8 Å². The van der Waals surface area contributed by atoms with Crippen molar-refractivity contribution < 1.29 is 0 Å². The molecule has 0 bridgehead atoms. The van der Waals surface area contributed by atoms with E-state index in [1.165, 1.54) is 11.3 Å². The number of aryl methyl sites for hydroxylation is 1. The summed E-state index contributed by atoms with van der Waals surface area (Å²) < 4.78 is 0. The summed E-state index contributed by atoms with van der Waals surface area (Å²) in [7, 11) is 2.17. The average Bonchev–Trinajstić information content (AvgIpc) is 2.76. The fraction of sp³-hybridized carbons (Fsp3) is 0.318. The Kier molecular flexibility index (Phi) is 5.86. The van der Waals surface area contributed by atoms with Gasteiger partial charge in [-0.25, -0.2) is 0 Å². The van der Waals surface area contributed by atoms with E-state index in [0.717, 1.165) is 44.0 Å². The zero-order valence-corrected chi connectivity index (χ0v) is 17.0. The molecule has 0 radical (unpaired) electrons. The highest BCUT2D eigenvalue weighted by atomic mass is 15.3. The minimum absolute atomic E-state index is 0.465. The molecule has 2 N–H and O–H groups in total. The predicted molar refractivity (Wildman–Crippen MR) is 118 cm³/mol. The molecule has 2 heterocycles. The van der Waals surface area contributed by atoms with E-state index in [0.29, 0.717) is 11.8 Å². The third-order valence-electron chi connectivity index (χ3n) is 5.19. The molecule has 4 rings (SSSR count). The van der Waals surface area contributed by atoms with Crippen LogP contribution in [-0.2, 0) is 6.42 Å². The maximum Gasteiger partial charge on any atom is 0.249 e. The fourth-order valence-electron chi connectivity index (χ4n) is 3.34. The SMILES string of the molecule is CCc1ccc(Nc2cnnc(Nc3ccc(N4CCN(C)CC4)cc3)n2)cc1. The number of benzene rings is 2. The van der Waals surface area contributed by atoms with Gasteiger partial charge in [0.1, 0.15) is 0 Å². The topological polar surface area (TPSA) is 69.2 Å². The first-order valence-electron chi connectivity index (χ1n) is 10.1. The zero-order valence-electron chi connectivity index (χ0n) is 17.0. The minimum atomic E-state index is 0.465. The Labute approximate surface area is 171 Å². The molecule has 0 saturated carbocycles. The van der Waals surface area contributed by atoms with Crippen molar-refractivity contribution in [1.29, 1.82) is 0 Å². The molecular formula is C22H27N7. The van der Waals surface area contributed by atoms with Gasteiger partial charge < -0.3 is 20.4 Å². The molecule has 1 saturated heterocycles. The van der Waals surface area contributed by atoms with Gasteiger partial charge in [0.25, 0.3) is 0 Å². The summed E-state index contributed by atoms with van der Waals surface area (Å²) in [6, 6.07) is 16.7. The lowest BCUT2D eigenvalue weighted by molar-refractivity contribution is 0.313. The Morgan fingerprint density at radius 3 is 2.21 bits per heavy atom. The van der Waals surface area contributed by atoms with E-state index < -0.39 is 0 Å². The first-order chi connectivity index (χ1) is 14.2. The van der Waals surface area contributed by atoms with Gasteiger partial charge in [0.2, 0.25) is 5.95 Å². The van der Waals surface area contributed by atoms with Crippen LogP contribution in [0, 0.1) is 0 Å². The lowest BCUT2D eigenvalue weighted by atomic mass is 10.1.